The van der Waals surface area contributed by atoms with Gasteiger partial charge in [-0.1, -0.05) is 18.2 Å². The molecule has 0 spiro atoms. The number of aromatic nitrogens is 4. The summed E-state index contributed by atoms with van der Waals surface area (Å²) in [5.41, 5.74) is 5.57. The van der Waals surface area contributed by atoms with E-state index in [1.165, 1.54) is 23.9 Å². The minimum atomic E-state index is 0.0265. The molecule has 1 aliphatic rings. The number of likely N-dealkylation sites (tertiary alicyclic amines) is 1. The SMILES string of the molecule is Cc1nc2ccccc2n1CC1CCCN1Cc1ccc2c(c1)n(C)c(=O)n2C. The summed E-state index contributed by atoms with van der Waals surface area (Å²) in [5.74, 6) is 1.08. The molecule has 1 saturated heterocycles. The van der Waals surface area contributed by atoms with Crippen molar-refractivity contribution in [2.45, 2.75) is 38.9 Å². The van der Waals surface area contributed by atoms with Gasteiger partial charge in [0.05, 0.1) is 22.1 Å². The average Bonchev–Trinajstić information content (AvgIpc) is 3.35. The van der Waals surface area contributed by atoms with Crippen LogP contribution >= 0.6 is 0 Å². The highest BCUT2D eigenvalue weighted by atomic mass is 16.1. The molecule has 6 nitrogen and oxygen atoms in total. The first-order chi connectivity index (χ1) is 14.0. The Kier molecular flexibility index (Phi) is 4.32. The van der Waals surface area contributed by atoms with Gasteiger partial charge in [-0.15, -0.1) is 0 Å². The van der Waals surface area contributed by atoms with E-state index in [1.54, 1.807) is 9.13 Å². The summed E-state index contributed by atoms with van der Waals surface area (Å²) in [5, 5.41) is 0. The van der Waals surface area contributed by atoms with Crippen LogP contribution in [0, 0.1) is 6.92 Å². The number of para-hydroxylation sites is 2. The number of hydrogen-bond acceptors (Lipinski definition) is 3. The van der Waals surface area contributed by atoms with E-state index < -0.39 is 0 Å². The fourth-order valence-electron chi connectivity index (χ4n) is 4.83. The molecule has 0 bridgehead atoms. The van der Waals surface area contributed by atoms with Crippen molar-refractivity contribution >= 4 is 22.1 Å². The Bertz CT molecular complexity index is 1260. The smallest absolute Gasteiger partial charge is 0.327 e. The highest BCUT2D eigenvalue weighted by Gasteiger charge is 2.26. The summed E-state index contributed by atoms with van der Waals surface area (Å²) in [6.45, 7) is 5.10. The molecule has 2 aromatic carbocycles. The Balaban J connectivity index is 1.41. The number of imidazole rings is 2. The molecule has 0 N–H and O–H groups in total. The Hall–Kier alpha value is -2.86. The maximum absolute atomic E-state index is 12.2. The van der Waals surface area contributed by atoms with Gasteiger partial charge in [-0.2, -0.15) is 0 Å². The summed E-state index contributed by atoms with van der Waals surface area (Å²) in [4.78, 5) is 19.5. The third kappa shape index (κ3) is 2.99. The van der Waals surface area contributed by atoms with Crippen molar-refractivity contribution in [1.29, 1.82) is 0 Å². The van der Waals surface area contributed by atoms with E-state index in [-0.39, 0.29) is 5.69 Å². The van der Waals surface area contributed by atoms with E-state index in [4.69, 9.17) is 4.98 Å². The molecular formula is C23H27N5O. The third-order valence-electron chi connectivity index (χ3n) is 6.46. The lowest BCUT2D eigenvalue weighted by Crippen LogP contribution is -2.32. The first-order valence-corrected chi connectivity index (χ1v) is 10.3. The molecule has 1 fully saturated rings. The number of nitrogens with zero attached hydrogens (tertiary/aromatic N) is 5. The van der Waals surface area contributed by atoms with E-state index in [0.717, 1.165) is 42.0 Å². The number of fused-ring (bicyclic) bond motifs is 2. The van der Waals surface area contributed by atoms with E-state index in [1.807, 2.05) is 20.2 Å². The van der Waals surface area contributed by atoms with Gasteiger partial charge < -0.3 is 4.57 Å². The first-order valence-electron chi connectivity index (χ1n) is 10.3. The number of aryl methyl sites for hydroxylation is 3. The third-order valence-corrected chi connectivity index (χ3v) is 6.46. The maximum Gasteiger partial charge on any atom is 0.328 e. The first kappa shape index (κ1) is 18.2. The molecule has 2 aromatic heterocycles. The van der Waals surface area contributed by atoms with Crippen LogP contribution in [0.5, 0.6) is 0 Å². The fraction of sp³-hybridized carbons (Fsp3) is 0.391. The average molecular weight is 390 g/mol. The predicted molar refractivity (Wildman–Crippen MR) is 116 cm³/mol. The predicted octanol–water partition coefficient (Wildman–Crippen LogP) is 3.20. The molecule has 0 amide bonds. The second-order valence-corrected chi connectivity index (χ2v) is 8.25. The minimum absolute atomic E-state index is 0.0265. The van der Waals surface area contributed by atoms with Crippen LogP contribution in [0.4, 0.5) is 0 Å². The minimum Gasteiger partial charge on any atom is -0.327 e. The van der Waals surface area contributed by atoms with E-state index in [9.17, 15) is 4.79 Å². The quantitative estimate of drug-likeness (QED) is 0.539. The molecule has 0 saturated carbocycles. The lowest BCUT2D eigenvalue weighted by Gasteiger charge is -2.25. The van der Waals surface area contributed by atoms with Gasteiger partial charge in [0, 0.05) is 33.2 Å². The molecular weight excluding hydrogens is 362 g/mol. The second kappa shape index (κ2) is 6.88. The number of hydrogen-bond donors (Lipinski definition) is 0. The Morgan fingerprint density at radius 3 is 2.69 bits per heavy atom. The van der Waals surface area contributed by atoms with Crippen molar-refractivity contribution in [3.8, 4) is 0 Å². The van der Waals surface area contributed by atoms with Gasteiger partial charge in [0.2, 0.25) is 0 Å². The lowest BCUT2D eigenvalue weighted by molar-refractivity contribution is 0.225. The highest BCUT2D eigenvalue weighted by Crippen LogP contribution is 2.25. The van der Waals surface area contributed by atoms with E-state index in [0.29, 0.717) is 6.04 Å². The normalized spacial score (nSPS) is 17.7. The summed E-state index contributed by atoms with van der Waals surface area (Å²) in [6, 6.07) is 15.3. The van der Waals surface area contributed by atoms with Crippen molar-refractivity contribution in [1.82, 2.24) is 23.6 Å². The molecule has 0 radical (unpaired) electrons. The van der Waals surface area contributed by atoms with Crippen LogP contribution in [0.1, 0.15) is 24.2 Å². The van der Waals surface area contributed by atoms with Crippen molar-refractivity contribution < 1.29 is 0 Å². The Morgan fingerprint density at radius 2 is 1.83 bits per heavy atom. The molecule has 1 atom stereocenters. The molecule has 4 aromatic rings. The Labute approximate surface area is 170 Å². The van der Waals surface area contributed by atoms with Crippen molar-refractivity contribution in [2.75, 3.05) is 6.54 Å². The van der Waals surface area contributed by atoms with Gasteiger partial charge in [-0.25, -0.2) is 9.78 Å². The summed E-state index contributed by atoms with van der Waals surface area (Å²) < 4.78 is 5.81. The van der Waals surface area contributed by atoms with Crippen LogP contribution < -0.4 is 5.69 Å². The maximum atomic E-state index is 12.2. The van der Waals surface area contributed by atoms with Crippen LogP contribution in [-0.4, -0.2) is 36.2 Å². The summed E-state index contributed by atoms with van der Waals surface area (Å²) in [6.07, 6.45) is 2.43. The summed E-state index contributed by atoms with van der Waals surface area (Å²) in [7, 11) is 3.68. The van der Waals surface area contributed by atoms with E-state index >= 15 is 0 Å². The van der Waals surface area contributed by atoms with Gasteiger partial charge >= 0.3 is 5.69 Å². The van der Waals surface area contributed by atoms with Crippen LogP contribution in [-0.2, 0) is 27.2 Å². The van der Waals surface area contributed by atoms with Crippen molar-refractivity contribution in [2.24, 2.45) is 14.1 Å². The zero-order valence-corrected chi connectivity index (χ0v) is 17.3. The molecule has 6 heteroatoms. The Morgan fingerprint density at radius 1 is 1.03 bits per heavy atom. The van der Waals surface area contributed by atoms with Gasteiger partial charge in [0.15, 0.2) is 0 Å². The number of rotatable bonds is 4. The second-order valence-electron chi connectivity index (χ2n) is 8.25. The number of benzene rings is 2. The molecule has 29 heavy (non-hydrogen) atoms. The van der Waals surface area contributed by atoms with Crippen LogP contribution in [0.25, 0.3) is 22.1 Å². The van der Waals surface area contributed by atoms with Gasteiger partial charge in [-0.05, 0) is 56.1 Å². The molecule has 1 aliphatic heterocycles. The van der Waals surface area contributed by atoms with Gasteiger partial charge in [-0.3, -0.25) is 14.0 Å². The van der Waals surface area contributed by atoms with Crippen LogP contribution in [0.2, 0.25) is 0 Å². The highest BCUT2D eigenvalue weighted by molar-refractivity contribution is 5.77. The molecule has 0 aliphatic carbocycles. The van der Waals surface area contributed by atoms with Crippen LogP contribution in [0.15, 0.2) is 47.3 Å². The lowest BCUT2D eigenvalue weighted by atomic mass is 10.1. The standard InChI is InChI=1S/C23H27N5O/c1-16-24-19-8-4-5-9-20(19)28(16)15-18-7-6-12-27(18)14-17-10-11-21-22(13-17)26(3)23(29)25(21)2/h4-5,8-11,13,18H,6-7,12,14-15H2,1-3H3. The topological polar surface area (TPSA) is 48.0 Å². The largest absolute Gasteiger partial charge is 0.328 e. The molecule has 3 heterocycles. The van der Waals surface area contributed by atoms with E-state index in [2.05, 4.69) is 52.8 Å². The van der Waals surface area contributed by atoms with Gasteiger partial charge in [0.1, 0.15) is 5.82 Å². The molecule has 5 rings (SSSR count). The zero-order valence-electron chi connectivity index (χ0n) is 17.3. The monoisotopic (exact) mass is 389 g/mol. The van der Waals surface area contributed by atoms with Crippen molar-refractivity contribution in [3.63, 3.8) is 0 Å². The van der Waals surface area contributed by atoms with Gasteiger partial charge in [0.25, 0.3) is 0 Å². The fourth-order valence-corrected chi connectivity index (χ4v) is 4.83. The van der Waals surface area contributed by atoms with Crippen LogP contribution in [0.3, 0.4) is 0 Å². The summed E-state index contributed by atoms with van der Waals surface area (Å²) >= 11 is 0. The van der Waals surface area contributed by atoms with Crippen molar-refractivity contribution in [3.05, 3.63) is 64.3 Å². The zero-order chi connectivity index (χ0) is 20.1. The molecule has 1 unspecified atom stereocenters. The molecule has 150 valence electrons.